The van der Waals surface area contributed by atoms with Crippen molar-refractivity contribution < 1.29 is 9.90 Å². The van der Waals surface area contributed by atoms with Gasteiger partial charge in [-0.2, -0.15) is 0 Å². The van der Waals surface area contributed by atoms with Crippen LogP contribution in [0.25, 0.3) is 0 Å². The van der Waals surface area contributed by atoms with Crippen molar-refractivity contribution in [2.24, 2.45) is 7.05 Å². The summed E-state index contributed by atoms with van der Waals surface area (Å²) in [5.74, 6) is -0.332. The molecule has 0 saturated carbocycles. The highest BCUT2D eigenvalue weighted by molar-refractivity contribution is 9.10. The van der Waals surface area contributed by atoms with E-state index in [0.29, 0.717) is 0 Å². The number of aryl methyl sites for hydroxylation is 1. The monoisotopic (exact) mass is 308 g/mol. The summed E-state index contributed by atoms with van der Waals surface area (Å²) in [6, 6.07) is 7.64. The Balaban J connectivity index is 2.47. The maximum Gasteiger partial charge on any atom is 0.304 e. The fourth-order valence-corrected chi connectivity index (χ4v) is 2.55. The average Bonchev–Trinajstić information content (AvgIpc) is 2.73. The molecule has 0 spiro atoms. The largest absolute Gasteiger partial charge is 0.481 e. The van der Waals surface area contributed by atoms with Gasteiger partial charge in [-0.05, 0) is 11.6 Å². The van der Waals surface area contributed by atoms with Gasteiger partial charge in [0.1, 0.15) is 5.82 Å². The van der Waals surface area contributed by atoms with E-state index in [2.05, 4.69) is 20.9 Å². The van der Waals surface area contributed by atoms with Gasteiger partial charge in [-0.3, -0.25) is 4.79 Å². The van der Waals surface area contributed by atoms with Crippen LogP contribution in [0, 0.1) is 0 Å². The number of hydrogen-bond donors (Lipinski definition) is 1. The van der Waals surface area contributed by atoms with Gasteiger partial charge in [0.05, 0.1) is 12.3 Å². The summed E-state index contributed by atoms with van der Waals surface area (Å²) in [6.45, 7) is 0. The lowest BCUT2D eigenvalue weighted by Crippen LogP contribution is -2.13. The fourth-order valence-electron chi connectivity index (χ4n) is 1.99. The van der Waals surface area contributed by atoms with Crippen LogP contribution in [0.1, 0.15) is 23.7 Å². The molecule has 1 N–H and O–H groups in total. The molecule has 0 bridgehead atoms. The highest BCUT2D eigenvalue weighted by Crippen LogP contribution is 2.31. The molecule has 4 nitrogen and oxygen atoms in total. The zero-order valence-electron chi connectivity index (χ0n) is 9.88. The quantitative estimate of drug-likeness (QED) is 0.945. The molecule has 2 rings (SSSR count). The van der Waals surface area contributed by atoms with Gasteiger partial charge in [0.2, 0.25) is 0 Å². The summed E-state index contributed by atoms with van der Waals surface area (Å²) in [4.78, 5) is 15.3. The van der Waals surface area contributed by atoms with E-state index in [1.807, 2.05) is 42.1 Å². The van der Waals surface area contributed by atoms with Crippen molar-refractivity contribution in [1.29, 1.82) is 0 Å². The van der Waals surface area contributed by atoms with Crippen LogP contribution >= 0.6 is 15.9 Å². The van der Waals surface area contributed by atoms with E-state index in [-0.39, 0.29) is 12.3 Å². The Morgan fingerprint density at radius 3 is 2.78 bits per heavy atom. The fraction of sp³-hybridized carbons (Fsp3) is 0.231. The normalized spacial score (nSPS) is 12.3. The van der Waals surface area contributed by atoms with E-state index in [1.165, 1.54) is 0 Å². The van der Waals surface area contributed by atoms with Crippen LogP contribution in [0.3, 0.4) is 0 Å². The summed E-state index contributed by atoms with van der Waals surface area (Å²) >= 11 is 3.47. The molecule has 0 radical (unpaired) electrons. The third-order valence-corrected chi connectivity index (χ3v) is 3.55. The number of hydrogen-bond acceptors (Lipinski definition) is 2. The van der Waals surface area contributed by atoms with Crippen molar-refractivity contribution in [2.45, 2.75) is 12.3 Å². The van der Waals surface area contributed by atoms with E-state index in [0.717, 1.165) is 15.9 Å². The molecule has 1 unspecified atom stereocenters. The zero-order chi connectivity index (χ0) is 13.1. The summed E-state index contributed by atoms with van der Waals surface area (Å²) in [5, 5.41) is 9.07. The molecule has 94 valence electrons. The van der Waals surface area contributed by atoms with Gasteiger partial charge in [-0.1, -0.05) is 34.1 Å². The number of aliphatic carboxylic acids is 1. The Morgan fingerprint density at radius 1 is 1.50 bits per heavy atom. The van der Waals surface area contributed by atoms with E-state index in [9.17, 15) is 4.79 Å². The van der Waals surface area contributed by atoms with Gasteiger partial charge in [0.25, 0.3) is 0 Å². The summed E-state index contributed by atoms with van der Waals surface area (Å²) in [5.41, 5.74) is 0.939. The number of aromatic nitrogens is 2. The molecule has 1 heterocycles. The van der Waals surface area contributed by atoms with E-state index in [1.54, 1.807) is 6.20 Å². The van der Waals surface area contributed by atoms with Gasteiger partial charge in [-0.15, -0.1) is 0 Å². The molecule has 0 aliphatic heterocycles. The predicted octanol–water partition coefficient (Wildman–Crippen LogP) is 2.79. The number of carboxylic acids is 1. The van der Waals surface area contributed by atoms with Crippen molar-refractivity contribution in [3.05, 3.63) is 52.5 Å². The molecule has 0 amide bonds. The van der Waals surface area contributed by atoms with E-state index >= 15 is 0 Å². The number of benzene rings is 1. The first kappa shape index (κ1) is 12.8. The Hall–Kier alpha value is -1.62. The van der Waals surface area contributed by atoms with Crippen LogP contribution < -0.4 is 0 Å². The molecule has 0 aliphatic rings. The molecule has 0 fully saturated rings. The summed E-state index contributed by atoms with van der Waals surface area (Å²) < 4.78 is 2.76. The third kappa shape index (κ3) is 2.61. The Morgan fingerprint density at radius 2 is 2.22 bits per heavy atom. The highest BCUT2D eigenvalue weighted by atomic mass is 79.9. The van der Waals surface area contributed by atoms with Crippen LogP contribution in [0.5, 0.6) is 0 Å². The minimum Gasteiger partial charge on any atom is -0.481 e. The minimum atomic E-state index is -0.834. The molecule has 1 aromatic carbocycles. The van der Waals surface area contributed by atoms with Gasteiger partial charge < -0.3 is 9.67 Å². The molecule has 0 aliphatic carbocycles. The van der Waals surface area contributed by atoms with Crippen LogP contribution in [0.15, 0.2) is 41.1 Å². The first-order valence-electron chi connectivity index (χ1n) is 5.53. The second-order valence-corrected chi connectivity index (χ2v) is 4.92. The topological polar surface area (TPSA) is 55.1 Å². The lowest BCUT2D eigenvalue weighted by Gasteiger charge is -2.16. The van der Waals surface area contributed by atoms with E-state index < -0.39 is 5.97 Å². The van der Waals surface area contributed by atoms with Crippen LogP contribution in [0.2, 0.25) is 0 Å². The van der Waals surface area contributed by atoms with Crippen molar-refractivity contribution >= 4 is 21.9 Å². The number of nitrogens with zero attached hydrogens (tertiary/aromatic N) is 2. The molecule has 1 aromatic heterocycles. The summed E-state index contributed by atoms with van der Waals surface area (Å²) in [7, 11) is 1.87. The SMILES string of the molecule is Cn1ccnc1C(CC(=O)O)c1ccccc1Br. The predicted molar refractivity (Wildman–Crippen MR) is 71.4 cm³/mol. The average molecular weight is 309 g/mol. The molecule has 0 saturated heterocycles. The maximum absolute atomic E-state index is 11.0. The molecule has 2 aromatic rings. The second-order valence-electron chi connectivity index (χ2n) is 4.07. The highest BCUT2D eigenvalue weighted by Gasteiger charge is 2.23. The number of carbonyl (C=O) groups is 1. The lowest BCUT2D eigenvalue weighted by molar-refractivity contribution is -0.137. The molecular formula is C13H13BrN2O2. The Bertz CT molecular complexity index is 566. The minimum absolute atomic E-state index is 0.0213. The van der Waals surface area contributed by atoms with Crippen molar-refractivity contribution in [3.63, 3.8) is 0 Å². The van der Waals surface area contributed by atoms with Crippen molar-refractivity contribution in [2.75, 3.05) is 0 Å². The smallest absolute Gasteiger partial charge is 0.304 e. The first-order chi connectivity index (χ1) is 8.59. The summed E-state index contributed by atoms with van der Waals surface area (Å²) in [6.07, 6.45) is 3.52. The standard InChI is InChI=1S/C13H13BrN2O2/c1-16-7-6-15-13(16)10(8-12(17)18)9-4-2-3-5-11(9)14/h2-7,10H,8H2,1H3,(H,17,18). The number of carboxylic acid groups (broad SMARTS) is 1. The Kier molecular flexibility index (Phi) is 3.81. The molecule has 5 heteroatoms. The van der Waals surface area contributed by atoms with Gasteiger partial charge in [-0.25, -0.2) is 4.98 Å². The van der Waals surface area contributed by atoms with E-state index in [4.69, 9.17) is 5.11 Å². The van der Waals surface area contributed by atoms with Gasteiger partial charge in [0.15, 0.2) is 0 Å². The van der Waals surface area contributed by atoms with Gasteiger partial charge >= 0.3 is 5.97 Å². The maximum atomic E-state index is 11.0. The number of imidazole rings is 1. The van der Waals surface area contributed by atoms with Crippen LogP contribution in [-0.4, -0.2) is 20.6 Å². The molecule has 1 atom stereocenters. The third-order valence-electron chi connectivity index (χ3n) is 2.83. The number of rotatable bonds is 4. The Labute approximate surface area is 113 Å². The molecular weight excluding hydrogens is 296 g/mol. The zero-order valence-corrected chi connectivity index (χ0v) is 11.5. The number of halogens is 1. The van der Waals surface area contributed by atoms with Crippen molar-refractivity contribution in [3.8, 4) is 0 Å². The lowest BCUT2D eigenvalue weighted by atomic mass is 9.95. The molecule has 18 heavy (non-hydrogen) atoms. The van der Waals surface area contributed by atoms with Crippen LogP contribution in [-0.2, 0) is 11.8 Å². The van der Waals surface area contributed by atoms with Gasteiger partial charge in [0, 0.05) is 23.9 Å². The van der Waals surface area contributed by atoms with Crippen molar-refractivity contribution in [1.82, 2.24) is 9.55 Å². The second kappa shape index (κ2) is 5.35. The first-order valence-corrected chi connectivity index (χ1v) is 6.32. The van der Waals surface area contributed by atoms with Crippen LogP contribution in [0.4, 0.5) is 0 Å².